The summed E-state index contributed by atoms with van der Waals surface area (Å²) >= 11 is 0. The predicted octanol–water partition coefficient (Wildman–Crippen LogP) is 1.56. The van der Waals surface area contributed by atoms with E-state index in [1.54, 1.807) is 12.4 Å². The van der Waals surface area contributed by atoms with Gasteiger partial charge in [-0.2, -0.15) is 0 Å². The highest BCUT2D eigenvalue weighted by Gasteiger charge is 2.14. The second-order valence-corrected chi connectivity index (χ2v) is 3.82. The zero-order chi connectivity index (χ0) is 11.3. The maximum atomic E-state index is 5.66. The summed E-state index contributed by atoms with van der Waals surface area (Å²) in [5.74, 6) is 0.928. The molecule has 0 aliphatic heterocycles. The fourth-order valence-corrected chi connectivity index (χ4v) is 1.59. The molecule has 4 nitrogen and oxygen atoms in total. The molecule has 0 unspecified atom stereocenters. The average molecular weight is 208 g/mol. The van der Waals surface area contributed by atoms with E-state index in [1.807, 2.05) is 0 Å². The van der Waals surface area contributed by atoms with Crippen LogP contribution in [0.4, 0.5) is 5.82 Å². The molecule has 0 saturated carbocycles. The average Bonchev–Trinajstić information content (AvgIpc) is 2.25. The topological polar surface area (TPSA) is 55.0 Å². The van der Waals surface area contributed by atoms with Gasteiger partial charge in [-0.1, -0.05) is 6.92 Å². The van der Waals surface area contributed by atoms with Crippen molar-refractivity contribution in [1.82, 2.24) is 9.97 Å². The number of rotatable bonds is 5. The summed E-state index contributed by atoms with van der Waals surface area (Å²) in [5.41, 5.74) is 6.53. The lowest BCUT2D eigenvalue weighted by molar-refractivity contribution is 0.654. The summed E-state index contributed by atoms with van der Waals surface area (Å²) in [4.78, 5) is 10.9. The molecule has 0 bridgehead atoms. The number of hydrogen-bond acceptors (Lipinski definition) is 4. The molecule has 1 aromatic rings. The van der Waals surface area contributed by atoms with Crippen molar-refractivity contribution in [3.05, 3.63) is 18.1 Å². The Labute approximate surface area is 91.5 Å². The quantitative estimate of drug-likeness (QED) is 0.798. The first-order valence-electron chi connectivity index (χ1n) is 5.47. The molecule has 0 aromatic carbocycles. The smallest absolute Gasteiger partial charge is 0.151 e. The second kappa shape index (κ2) is 5.66. The van der Waals surface area contributed by atoms with Gasteiger partial charge < -0.3 is 10.6 Å². The van der Waals surface area contributed by atoms with Crippen LogP contribution in [0, 0.1) is 0 Å². The van der Waals surface area contributed by atoms with Gasteiger partial charge in [0.15, 0.2) is 5.82 Å². The Bertz CT molecular complexity index is 298. The molecule has 15 heavy (non-hydrogen) atoms. The molecule has 2 N–H and O–H groups in total. The normalized spacial score (nSPS) is 10.7. The minimum Gasteiger partial charge on any atom is -0.353 e. The first kappa shape index (κ1) is 11.9. The Morgan fingerprint density at radius 2 is 2.00 bits per heavy atom. The molecule has 0 spiro atoms. The molecule has 84 valence electrons. The Morgan fingerprint density at radius 1 is 1.33 bits per heavy atom. The Hall–Kier alpha value is -1.16. The van der Waals surface area contributed by atoms with Crippen LogP contribution in [0.25, 0.3) is 0 Å². The molecule has 1 heterocycles. The molecule has 0 fully saturated rings. The van der Waals surface area contributed by atoms with Gasteiger partial charge in [-0.3, -0.25) is 4.98 Å². The zero-order valence-electron chi connectivity index (χ0n) is 9.77. The summed E-state index contributed by atoms with van der Waals surface area (Å²) in [7, 11) is 0. The van der Waals surface area contributed by atoms with E-state index >= 15 is 0 Å². The summed E-state index contributed by atoms with van der Waals surface area (Å²) in [6, 6.07) is 0.423. The predicted molar refractivity (Wildman–Crippen MR) is 62.7 cm³/mol. The van der Waals surface area contributed by atoms with Gasteiger partial charge in [0, 0.05) is 31.5 Å². The van der Waals surface area contributed by atoms with Crippen molar-refractivity contribution in [2.75, 3.05) is 11.4 Å². The largest absolute Gasteiger partial charge is 0.353 e. The lowest BCUT2D eigenvalue weighted by Crippen LogP contribution is -2.33. The molecule has 1 rings (SSSR count). The molecular formula is C11H20N4. The molecule has 0 atom stereocenters. The fourth-order valence-electron chi connectivity index (χ4n) is 1.59. The first-order valence-corrected chi connectivity index (χ1v) is 5.47. The zero-order valence-corrected chi connectivity index (χ0v) is 9.77. The summed E-state index contributed by atoms with van der Waals surface area (Å²) in [6.45, 7) is 7.91. The van der Waals surface area contributed by atoms with Crippen molar-refractivity contribution in [3.8, 4) is 0 Å². The van der Waals surface area contributed by atoms with E-state index in [0.29, 0.717) is 12.6 Å². The molecule has 0 amide bonds. The minimum atomic E-state index is 0.423. The van der Waals surface area contributed by atoms with Gasteiger partial charge >= 0.3 is 0 Å². The van der Waals surface area contributed by atoms with Crippen molar-refractivity contribution in [2.45, 2.75) is 39.8 Å². The van der Waals surface area contributed by atoms with E-state index in [9.17, 15) is 0 Å². The second-order valence-electron chi connectivity index (χ2n) is 3.82. The molecule has 0 aliphatic carbocycles. The standard InChI is InChI=1S/C11H20N4/c1-4-7-15(9(2)3)11-10(8-12)13-5-6-14-11/h5-6,9H,4,7-8,12H2,1-3H3. The van der Waals surface area contributed by atoms with E-state index < -0.39 is 0 Å². The van der Waals surface area contributed by atoms with Crippen LogP contribution < -0.4 is 10.6 Å². The van der Waals surface area contributed by atoms with E-state index in [-0.39, 0.29) is 0 Å². The van der Waals surface area contributed by atoms with Crippen LogP contribution in [0.2, 0.25) is 0 Å². The third-order valence-corrected chi connectivity index (χ3v) is 2.31. The van der Waals surface area contributed by atoms with Crippen LogP contribution in [0.3, 0.4) is 0 Å². The van der Waals surface area contributed by atoms with Crippen molar-refractivity contribution in [2.24, 2.45) is 5.73 Å². The minimum absolute atomic E-state index is 0.423. The highest BCUT2D eigenvalue weighted by atomic mass is 15.2. The highest BCUT2D eigenvalue weighted by Crippen LogP contribution is 2.17. The van der Waals surface area contributed by atoms with Crippen molar-refractivity contribution in [1.29, 1.82) is 0 Å². The Kier molecular flexibility index (Phi) is 4.49. The van der Waals surface area contributed by atoms with Crippen molar-refractivity contribution in [3.63, 3.8) is 0 Å². The molecule has 0 radical (unpaired) electrons. The van der Waals surface area contributed by atoms with Crippen LogP contribution in [-0.4, -0.2) is 22.6 Å². The van der Waals surface area contributed by atoms with Crippen molar-refractivity contribution < 1.29 is 0 Å². The molecule has 0 saturated heterocycles. The molecule has 4 heteroatoms. The van der Waals surface area contributed by atoms with Gasteiger partial charge in [0.05, 0.1) is 5.69 Å². The van der Waals surface area contributed by atoms with Crippen LogP contribution in [-0.2, 0) is 6.54 Å². The van der Waals surface area contributed by atoms with Gasteiger partial charge in [-0.05, 0) is 20.3 Å². The monoisotopic (exact) mass is 208 g/mol. The summed E-state index contributed by atoms with van der Waals surface area (Å²) < 4.78 is 0. The number of hydrogen-bond donors (Lipinski definition) is 1. The van der Waals surface area contributed by atoms with E-state index in [0.717, 1.165) is 24.5 Å². The van der Waals surface area contributed by atoms with E-state index in [4.69, 9.17) is 5.73 Å². The summed E-state index contributed by atoms with van der Waals surface area (Å²) in [5, 5.41) is 0. The van der Waals surface area contributed by atoms with Gasteiger partial charge in [0.2, 0.25) is 0 Å². The molecular weight excluding hydrogens is 188 g/mol. The van der Waals surface area contributed by atoms with Crippen molar-refractivity contribution >= 4 is 5.82 Å². The van der Waals surface area contributed by atoms with Gasteiger partial charge in [0.1, 0.15) is 0 Å². The third kappa shape index (κ3) is 2.89. The Balaban J connectivity index is 2.98. The highest BCUT2D eigenvalue weighted by molar-refractivity contribution is 5.43. The van der Waals surface area contributed by atoms with Crippen LogP contribution in [0.1, 0.15) is 32.9 Å². The molecule has 0 aliphatic rings. The third-order valence-electron chi connectivity index (χ3n) is 2.31. The van der Waals surface area contributed by atoms with Gasteiger partial charge in [-0.25, -0.2) is 4.98 Å². The SMILES string of the molecule is CCCN(c1nccnc1CN)C(C)C. The van der Waals surface area contributed by atoms with Crippen LogP contribution in [0.5, 0.6) is 0 Å². The maximum Gasteiger partial charge on any atom is 0.151 e. The Morgan fingerprint density at radius 3 is 2.53 bits per heavy atom. The van der Waals surface area contributed by atoms with Crippen LogP contribution >= 0.6 is 0 Å². The number of aromatic nitrogens is 2. The lowest BCUT2D eigenvalue weighted by atomic mass is 10.2. The maximum absolute atomic E-state index is 5.66. The lowest BCUT2D eigenvalue weighted by Gasteiger charge is -2.28. The number of nitrogens with two attached hydrogens (primary N) is 1. The van der Waals surface area contributed by atoms with Gasteiger partial charge in [-0.15, -0.1) is 0 Å². The first-order chi connectivity index (χ1) is 7.20. The van der Waals surface area contributed by atoms with Gasteiger partial charge in [0.25, 0.3) is 0 Å². The van der Waals surface area contributed by atoms with E-state index in [1.165, 1.54) is 0 Å². The molecule has 1 aromatic heterocycles. The summed E-state index contributed by atoms with van der Waals surface area (Å²) in [6.07, 6.45) is 4.51. The number of nitrogens with zero attached hydrogens (tertiary/aromatic N) is 3. The fraction of sp³-hybridized carbons (Fsp3) is 0.636. The number of anilines is 1. The van der Waals surface area contributed by atoms with E-state index in [2.05, 4.69) is 35.6 Å². The van der Waals surface area contributed by atoms with Crippen LogP contribution in [0.15, 0.2) is 12.4 Å².